The van der Waals surface area contributed by atoms with E-state index in [1.54, 1.807) is 0 Å². The minimum atomic E-state index is -8.63. The Bertz CT molecular complexity index is 925. The second-order valence-electron chi connectivity index (χ2n) is 7.61. The van der Waals surface area contributed by atoms with Crippen LogP contribution in [0.1, 0.15) is 18.0 Å². The van der Waals surface area contributed by atoms with Gasteiger partial charge in [0.1, 0.15) is 0 Å². The van der Waals surface area contributed by atoms with Crippen LogP contribution in [-0.2, 0) is 0 Å². The lowest BCUT2D eigenvalue weighted by Gasteiger charge is -2.43. The molecule has 2 rings (SSSR count). The van der Waals surface area contributed by atoms with Crippen LogP contribution in [0.2, 0.25) is 0 Å². The summed E-state index contributed by atoms with van der Waals surface area (Å²) in [5.74, 6) is -56.4. The smallest absolute Gasteiger partial charge is 0.250 e. The number of halogens is 17. The zero-order chi connectivity index (χ0) is 28.4. The van der Waals surface area contributed by atoms with Gasteiger partial charge in [-0.15, -0.1) is 0 Å². The summed E-state index contributed by atoms with van der Waals surface area (Å²) in [7, 11) is 0. The molecule has 1 heterocycles. The van der Waals surface area contributed by atoms with Gasteiger partial charge in [-0.3, -0.25) is 0 Å². The number of alkyl halides is 17. The van der Waals surface area contributed by atoms with Gasteiger partial charge in [0.05, 0.1) is 6.04 Å². The van der Waals surface area contributed by atoms with Gasteiger partial charge in [-0.05, 0) is 12.0 Å². The Kier molecular flexibility index (Phi) is 7.11. The second kappa shape index (κ2) is 8.49. The molecule has 19 heteroatoms. The zero-order valence-corrected chi connectivity index (χ0v) is 16.7. The first-order valence-corrected chi connectivity index (χ1v) is 9.09. The number of hydrogen-bond donors (Lipinski definition) is 2. The number of nitrogens with one attached hydrogen (secondary N) is 2. The first-order chi connectivity index (χ1) is 15.8. The Labute approximate surface area is 188 Å². The quantitative estimate of drug-likeness (QED) is 0.347. The summed E-state index contributed by atoms with van der Waals surface area (Å²) in [6, 6.07) is 1.73. The molecule has 0 aliphatic carbocycles. The fourth-order valence-corrected chi connectivity index (χ4v) is 3.09. The van der Waals surface area contributed by atoms with Gasteiger partial charge in [0, 0.05) is 6.04 Å². The van der Waals surface area contributed by atoms with Crippen molar-refractivity contribution >= 4 is 0 Å². The number of hydrogen-bond acceptors (Lipinski definition) is 2. The van der Waals surface area contributed by atoms with Crippen LogP contribution in [0.25, 0.3) is 0 Å². The van der Waals surface area contributed by atoms with Crippen molar-refractivity contribution in [1.29, 1.82) is 0 Å². The lowest BCUT2D eigenvalue weighted by atomic mass is 9.86. The standard InChI is InChI=1S/C17H11F17N2/c18-10(19,9-6-8(35-36-9)7-4-2-1-3-5-7)11(20,21)12(22,23)13(24,25)14(26,27)15(28,29)16(30,31)17(32,33)34/h1-5,8-9,35-36H,6H2. The predicted molar refractivity (Wildman–Crippen MR) is 84.5 cm³/mol. The minimum Gasteiger partial charge on any atom is -0.250 e. The summed E-state index contributed by atoms with van der Waals surface area (Å²) in [5.41, 5.74) is 3.27. The van der Waals surface area contributed by atoms with E-state index in [4.69, 9.17) is 0 Å². The van der Waals surface area contributed by atoms with Gasteiger partial charge in [-0.1, -0.05) is 30.3 Å². The Balaban J connectivity index is 2.48. The monoisotopic (exact) mass is 566 g/mol. The van der Waals surface area contributed by atoms with Crippen LogP contribution in [0.15, 0.2) is 30.3 Å². The summed E-state index contributed by atoms with van der Waals surface area (Å²) in [6.07, 6.45) is -9.09. The summed E-state index contributed by atoms with van der Waals surface area (Å²) in [4.78, 5) is 0. The highest BCUT2D eigenvalue weighted by atomic mass is 19.4. The van der Waals surface area contributed by atoms with Crippen LogP contribution in [0, 0.1) is 0 Å². The molecule has 0 amide bonds. The van der Waals surface area contributed by atoms with E-state index < -0.39 is 66.1 Å². The van der Waals surface area contributed by atoms with E-state index in [2.05, 4.69) is 0 Å². The Morgan fingerprint density at radius 3 is 1.31 bits per heavy atom. The molecule has 0 radical (unpaired) electrons. The number of rotatable bonds is 8. The Morgan fingerprint density at radius 1 is 0.500 bits per heavy atom. The fraction of sp³-hybridized carbons (Fsp3) is 0.647. The molecular weight excluding hydrogens is 555 g/mol. The highest BCUT2D eigenvalue weighted by molar-refractivity contribution is 5.22. The minimum absolute atomic E-state index is 0.0456. The van der Waals surface area contributed by atoms with Crippen molar-refractivity contribution in [2.45, 2.75) is 66.1 Å². The first-order valence-electron chi connectivity index (χ1n) is 9.09. The van der Waals surface area contributed by atoms with Gasteiger partial charge in [0.2, 0.25) is 0 Å². The van der Waals surface area contributed by atoms with E-state index in [9.17, 15) is 74.6 Å². The molecule has 2 atom stereocenters. The fourth-order valence-electron chi connectivity index (χ4n) is 3.09. The van der Waals surface area contributed by atoms with E-state index in [1.165, 1.54) is 35.8 Å². The number of benzene rings is 1. The normalized spacial score (nSPS) is 21.7. The van der Waals surface area contributed by atoms with Crippen LogP contribution >= 0.6 is 0 Å². The molecule has 0 bridgehead atoms. The van der Waals surface area contributed by atoms with Crippen LogP contribution < -0.4 is 10.9 Å². The zero-order valence-electron chi connectivity index (χ0n) is 16.7. The van der Waals surface area contributed by atoms with Crippen molar-refractivity contribution < 1.29 is 74.6 Å². The van der Waals surface area contributed by atoms with Crippen molar-refractivity contribution in [1.82, 2.24) is 10.9 Å². The third-order valence-corrected chi connectivity index (χ3v) is 5.29. The highest BCUT2D eigenvalue weighted by Gasteiger charge is 2.95. The van der Waals surface area contributed by atoms with Crippen LogP contribution in [-0.4, -0.2) is 53.7 Å². The van der Waals surface area contributed by atoms with Crippen molar-refractivity contribution in [3.8, 4) is 0 Å². The third-order valence-electron chi connectivity index (χ3n) is 5.29. The molecular formula is C17H11F17N2. The average molecular weight is 566 g/mol. The number of hydrazine groups is 1. The molecule has 1 aromatic carbocycles. The lowest BCUT2D eigenvalue weighted by Crippen LogP contribution is -2.75. The molecule has 1 fully saturated rings. The van der Waals surface area contributed by atoms with Gasteiger partial charge in [-0.25, -0.2) is 10.9 Å². The van der Waals surface area contributed by atoms with Crippen molar-refractivity contribution in [3.05, 3.63) is 35.9 Å². The molecule has 0 spiro atoms. The maximum Gasteiger partial charge on any atom is 0.460 e. The maximum atomic E-state index is 14.3. The Hall–Kier alpha value is -2.05. The molecule has 0 saturated carbocycles. The van der Waals surface area contributed by atoms with E-state index in [-0.39, 0.29) is 5.56 Å². The molecule has 36 heavy (non-hydrogen) atoms. The molecule has 2 unspecified atom stereocenters. The second-order valence-corrected chi connectivity index (χ2v) is 7.61. The molecule has 2 nitrogen and oxygen atoms in total. The van der Waals surface area contributed by atoms with E-state index in [0.717, 1.165) is 0 Å². The topological polar surface area (TPSA) is 24.1 Å². The van der Waals surface area contributed by atoms with E-state index in [0.29, 0.717) is 0 Å². The third kappa shape index (κ3) is 3.96. The van der Waals surface area contributed by atoms with Gasteiger partial charge in [0.25, 0.3) is 0 Å². The highest BCUT2D eigenvalue weighted by Crippen LogP contribution is 2.64. The van der Waals surface area contributed by atoms with Crippen molar-refractivity contribution in [2.24, 2.45) is 0 Å². The van der Waals surface area contributed by atoms with Crippen molar-refractivity contribution in [3.63, 3.8) is 0 Å². The molecule has 1 saturated heterocycles. The lowest BCUT2D eigenvalue weighted by molar-refractivity contribution is -0.462. The molecule has 2 N–H and O–H groups in total. The van der Waals surface area contributed by atoms with Crippen LogP contribution in [0.4, 0.5) is 74.6 Å². The van der Waals surface area contributed by atoms with Gasteiger partial charge in [-0.2, -0.15) is 74.6 Å². The summed E-state index contributed by atoms with van der Waals surface area (Å²) in [5, 5.41) is 0. The first kappa shape index (κ1) is 30.2. The molecule has 1 aliphatic heterocycles. The van der Waals surface area contributed by atoms with Crippen molar-refractivity contribution in [2.75, 3.05) is 0 Å². The molecule has 0 aromatic heterocycles. The average Bonchev–Trinajstić information content (AvgIpc) is 3.23. The van der Waals surface area contributed by atoms with E-state index >= 15 is 0 Å². The van der Waals surface area contributed by atoms with Gasteiger partial charge in [0.15, 0.2) is 0 Å². The molecule has 1 aromatic rings. The Morgan fingerprint density at radius 2 is 0.889 bits per heavy atom. The van der Waals surface area contributed by atoms with E-state index in [1.807, 2.05) is 5.43 Å². The van der Waals surface area contributed by atoms with Crippen LogP contribution in [0.5, 0.6) is 0 Å². The molecule has 1 aliphatic rings. The molecule has 208 valence electrons. The summed E-state index contributed by atoms with van der Waals surface area (Å²) in [6.45, 7) is 0. The summed E-state index contributed by atoms with van der Waals surface area (Å²) < 4.78 is 227. The van der Waals surface area contributed by atoms with Crippen LogP contribution in [0.3, 0.4) is 0 Å². The maximum absolute atomic E-state index is 14.3. The predicted octanol–water partition coefficient (Wildman–Crippen LogP) is 6.60. The van der Waals surface area contributed by atoms with Gasteiger partial charge < -0.3 is 0 Å². The SMILES string of the molecule is FC(F)(F)C(F)(F)C(F)(F)C(F)(F)C(F)(F)C(F)(F)C(F)(F)C(F)(F)C1CC(c2ccccc2)NN1. The summed E-state index contributed by atoms with van der Waals surface area (Å²) >= 11 is 0. The largest absolute Gasteiger partial charge is 0.460 e. The van der Waals surface area contributed by atoms with Gasteiger partial charge >= 0.3 is 47.6 Å².